The van der Waals surface area contributed by atoms with E-state index in [1.54, 1.807) is 12.1 Å². The SMILES string of the molecule is NC1c2cccc(Br)c2CCC1(F)F. The van der Waals surface area contributed by atoms with Crippen LogP contribution in [0.5, 0.6) is 0 Å². The Morgan fingerprint density at radius 3 is 2.86 bits per heavy atom. The van der Waals surface area contributed by atoms with Crippen molar-refractivity contribution in [3.05, 3.63) is 33.8 Å². The monoisotopic (exact) mass is 261 g/mol. The third kappa shape index (κ3) is 1.46. The highest BCUT2D eigenvalue weighted by molar-refractivity contribution is 9.10. The van der Waals surface area contributed by atoms with Crippen LogP contribution < -0.4 is 5.73 Å². The molecule has 1 unspecified atom stereocenters. The van der Waals surface area contributed by atoms with E-state index >= 15 is 0 Å². The Morgan fingerprint density at radius 2 is 2.14 bits per heavy atom. The molecule has 76 valence electrons. The van der Waals surface area contributed by atoms with Crippen LogP contribution in [0.25, 0.3) is 0 Å². The smallest absolute Gasteiger partial charge is 0.267 e. The quantitative estimate of drug-likeness (QED) is 0.764. The topological polar surface area (TPSA) is 26.0 Å². The molecule has 0 fully saturated rings. The molecule has 1 aliphatic carbocycles. The summed E-state index contributed by atoms with van der Waals surface area (Å²) in [5, 5.41) is 0. The summed E-state index contributed by atoms with van der Waals surface area (Å²) in [7, 11) is 0. The van der Waals surface area contributed by atoms with E-state index < -0.39 is 12.0 Å². The van der Waals surface area contributed by atoms with Gasteiger partial charge in [-0.25, -0.2) is 8.78 Å². The van der Waals surface area contributed by atoms with Crippen LogP contribution in [0, 0.1) is 0 Å². The van der Waals surface area contributed by atoms with Crippen molar-refractivity contribution < 1.29 is 8.78 Å². The summed E-state index contributed by atoms with van der Waals surface area (Å²) < 4.78 is 27.4. The second kappa shape index (κ2) is 3.28. The summed E-state index contributed by atoms with van der Waals surface area (Å²) in [5.74, 6) is -2.77. The summed E-state index contributed by atoms with van der Waals surface area (Å²) in [4.78, 5) is 0. The maximum Gasteiger partial charge on any atom is 0.267 e. The van der Waals surface area contributed by atoms with Gasteiger partial charge in [0.25, 0.3) is 5.92 Å². The fraction of sp³-hybridized carbons (Fsp3) is 0.400. The second-order valence-electron chi connectivity index (χ2n) is 3.55. The third-order valence-electron chi connectivity index (χ3n) is 2.65. The summed E-state index contributed by atoms with van der Waals surface area (Å²) in [6.07, 6.45) is 0.223. The fourth-order valence-corrected chi connectivity index (χ4v) is 2.38. The molecule has 1 aromatic carbocycles. The molecule has 1 nitrogen and oxygen atoms in total. The van der Waals surface area contributed by atoms with Crippen LogP contribution in [-0.4, -0.2) is 5.92 Å². The highest BCUT2D eigenvalue weighted by Crippen LogP contribution is 2.41. The lowest BCUT2D eigenvalue weighted by molar-refractivity contribution is -0.0398. The van der Waals surface area contributed by atoms with E-state index in [2.05, 4.69) is 15.9 Å². The number of halogens is 3. The average molecular weight is 262 g/mol. The van der Waals surface area contributed by atoms with Crippen molar-refractivity contribution in [2.24, 2.45) is 5.73 Å². The predicted octanol–water partition coefficient (Wildman–Crippen LogP) is 3.03. The Labute approximate surface area is 89.4 Å². The van der Waals surface area contributed by atoms with Gasteiger partial charge in [-0.2, -0.15) is 0 Å². The summed E-state index contributed by atoms with van der Waals surface area (Å²) in [5.41, 5.74) is 7.01. The summed E-state index contributed by atoms with van der Waals surface area (Å²) in [6, 6.07) is 4.11. The molecule has 0 saturated heterocycles. The van der Waals surface area contributed by atoms with E-state index in [0.29, 0.717) is 12.0 Å². The molecular weight excluding hydrogens is 252 g/mol. The van der Waals surface area contributed by atoms with Gasteiger partial charge in [0.2, 0.25) is 0 Å². The zero-order valence-corrected chi connectivity index (χ0v) is 9.02. The molecule has 14 heavy (non-hydrogen) atoms. The first kappa shape index (κ1) is 10.1. The van der Waals surface area contributed by atoms with E-state index in [0.717, 1.165) is 10.0 Å². The normalized spacial score (nSPS) is 24.4. The van der Waals surface area contributed by atoms with Crippen LogP contribution >= 0.6 is 15.9 Å². The minimum absolute atomic E-state index is 0.163. The van der Waals surface area contributed by atoms with E-state index in [9.17, 15) is 8.78 Å². The Kier molecular flexibility index (Phi) is 2.35. The highest BCUT2D eigenvalue weighted by Gasteiger charge is 2.42. The zero-order chi connectivity index (χ0) is 10.3. The second-order valence-corrected chi connectivity index (χ2v) is 4.40. The molecular formula is C10H10BrF2N. The minimum Gasteiger partial charge on any atom is -0.319 e. The van der Waals surface area contributed by atoms with Gasteiger partial charge in [-0.1, -0.05) is 28.1 Å². The molecule has 0 amide bonds. The number of hydrogen-bond acceptors (Lipinski definition) is 1. The van der Waals surface area contributed by atoms with E-state index in [4.69, 9.17) is 5.73 Å². The van der Waals surface area contributed by atoms with E-state index in [-0.39, 0.29) is 6.42 Å². The number of fused-ring (bicyclic) bond motifs is 1. The molecule has 2 N–H and O–H groups in total. The molecule has 1 aliphatic rings. The van der Waals surface area contributed by atoms with Crippen LogP contribution in [0.1, 0.15) is 23.6 Å². The van der Waals surface area contributed by atoms with Gasteiger partial charge >= 0.3 is 0 Å². The number of hydrogen-bond donors (Lipinski definition) is 1. The van der Waals surface area contributed by atoms with Crippen molar-refractivity contribution in [3.63, 3.8) is 0 Å². The van der Waals surface area contributed by atoms with Crippen LogP contribution in [0.3, 0.4) is 0 Å². The molecule has 0 heterocycles. The lowest BCUT2D eigenvalue weighted by Crippen LogP contribution is -2.37. The fourth-order valence-electron chi connectivity index (χ4n) is 1.81. The number of benzene rings is 1. The Bertz CT molecular complexity index is 365. The lowest BCUT2D eigenvalue weighted by Gasteiger charge is -2.31. The maximum atomic E-state index is 13.3. The van der Waals surface area contributed by atoms with Crippen LogP contribution in [0.4, 0.5) is 8.78 Å². The van der Waals surface area contributed by atoms with Gasteiger partial charge in [0.05, 0.1) is 6.04 Å². The van der Waals surface area contributed by atoms with Gasteiger partial charge in [0.15, 0.2) is 0 Å². The van der Waals surface area contributed by atoms with Crippen molar-refractivity contribution in [2.75, 3.05) is 0 Å². The largest absolute Gasteiger partial charge is 0.319 e. The van der Waals surface area contributed by atoms with Crippen molar-refractivity contribution in [2.45, 2.75) is 24.8 Å². The predicted molar refractivity (Wildman–Crippen MR) is 54.3 cm³/mol. The Hall–Kier alpha value is -0.480. The van der Waals surface area contributed by atoms with Gasteiger partial charge in [0, 0.05) is 10.9 Å². The van der Waals surface area contributed by atoms with Gasteiger partial charge in [-0.3, -0.25) is 0 Å². The van der Waals surface area contributed by atoms with Crippen LogP contribution in [0.2, 0.25) is 0 Å². The minimum atomic E-state index is -2.77. The first-order chi connectivity index (χ1) is 6.52. The number of nitrogens with two attached hydrogens (primary N) is 1. The molecule has 0 saturated carbocycles. The van der Waals surface area contributed by atoms with Crippen molar-refractivity contribution in [1.29, 1.82) is 0 Å². The molecule has 1 aromatic rings. The molecule has 2 rings (SSSR count). The molecule has 4 heteroatoms. The van der Waals surface area contributed by atoms with Crippen LogP contribution in [-0.2, 0) is 6.42 Å². The van der Waals surface area contributed by atoms with Gasteiger partial charge in [-0.15, -0.1) is 0 Å². The standard InChI is InChI=1S/C10H10BrF2N/c11-8-3-1-2-7-6(8)4-5-10(12,13)9(7)14/h1-3,9H,4-5,14H2. The van der Waals surface area contributed by atoms with Gasteiger partial charge < -0.3 is 5.73 Å². The molecule has 0 aromatic heterocycles. The zero-order valence-electron chi connectivity index (χ0n) is 7.43. The first-order valence-electron chi connectivity index (χ1n) is 4.43. The Morgan fingerprint density at radius 1 is 1.43 bits per heavy atom. The number of rotatable bonds is 0. The van der Waals surface area contributed by atoms with Crippen molar-refractivity contribution in [1.82, 2.24) is 0 Å². The van der Waals surface area contributed by atoms with E-state index in [1.165, 1.54) is 0 Å². The molecule has 0 spiro atoms. The molecule has 1 atom stereocenters. The highest BCUT2D eigenvalue weighted by atomic mass is 79.9. The summed E-state index contributed by atoms with van der Waals surface area (Å²) >= 11 is 3.35. The van der Waals surface area contributed by atoms with Crippen molar-refractivity contribution >= 4 is 15.9 Å². The maximum absolute atomic E-state index is 13.3. The van der Waals surface area contributed by atoms with E-state index in [1.807, 2.05) is 6.07 Å². The number of alkyl halides is 2. The van der Waals surface area contributed by atoms with Gasteiger partial charge in [0.1, 0.15) is 0 Å². The van der Waals surface area contributed by atoms with Crippen LogP contribution in [0.15, 0.2) is 22.7 Å². The molecule has 0 bridgehead atoms. The molecule has 0 aliphatic heterocycles. The summed E-state index contributed by atoms with van der Waals surface area (Å²) in [6.45, 7) is 0. The van der Waals surface area contributed by atoms with Gasteiger partial charge in [-0.05, 0) is 23.6 Å². The average Bonchev–Trinajstić information content (AvgIpc) is 2.13. The molecule has 0 radical (unpaired) electrons. The van der Waals surface area contributed by atoms with Crippen molar-refractivity contribution in [3.8, 4) is 0 Å². The Balaban J connectivity index is 2.51. The lowest BCUT2D eigenvalue weighted by atomic mass is 9.85. The first-order valence-corrected chi connectivity index (χ1v) is 5.22. The third-order valence-corrected chi connectivity index (χ3v) is 3.40.